The lowest BCUT2D eigenvalue weighted by Crippen LogP contribution is -2.49. The number of rotatable bonds is 4. The topological polar surface area (TPSA) is 95.2 Å². The van der Waals surface area contributed by atoms with Crippen LogP contribution in [0.4, 0.5) is 13.2 Å². The SMILES string of the molecule is COc1cc(C=C2SC(N3CCN(C(C)=O)CC3)=NC2=O)ccc1Oc1ccc(C#N)cc1C(F)(F)F. The number of nitrogens with zero attached hydrogens (tertiary/aromatic N) is 4. The summed E-state index contributed by atoms with van der Waals surface area (Å²) in [6, 6.07) is 9.29. The van der Waals surface area contributed by atoms with Crippen LogP contribution in [0.15, 0.2) is 46.3 Å². The number of hydrogen-bond donors (Lipinski definition) is 0. The molecule has 0 N–H and O–H groups in total. The highest BCUT2D eigenvalue weighted by Gasteiger charge is 2.35. The zero-order chi connectivity index (χ0) is 26.7. The van der Waals surface area contributed by atoms with E-state index < -0.39 is 23.4 Å². The van der Waals surface area contributed by atoms with Gasteiger partial charge < -0.3 is 19.3 Å². The lowest BCUT2D eigenvalue weighted by molar-refractivity contribution is -0.138. The molecular weight excluding hydrogens is 509 g/mol. The van der Waals surface area contributed by atoms with E-state index in [0.29, 0.717) is 41.8 Å². The number of piperazine rings is 1. The summed E-state index contributed by atoms with van der Waals surface area (Å²) in [5, 5.41) is 9.51. The number of thioether (sulfide) groups is 1. The van der Waals surface area contributed by atoms with Gasteiger partial charge >= 0.3 is 6.18 Å². The highest BCUT2D eigenvalue weighted by molar-refractivity contribution is 8.18. The number of halogens is 3. The number of amides is 2. The number of methoxy groups -OCH3 is 1. The molecule has 2 amide bonds. The first kappa shape index (κ1) is 26.1. The molecule has 4 rings (SSSR count). The second-order valence-electron chi connectivity index (χ2n) is 8.14. The Morgan fingerprint density at radius 1 is 1.11 bits per heavy atom. The molecule has 0 saturated carbocycles. The third-order valence-electron chi connectivity index (χ3n) is 5.72. The molecule has 2 aliphatic heterocycles. The maximum absolute atomic E-state index is 13.5. The molecule has 37 heavy (non-hydrogen) atoms. The fourth-order valence-electron chi connectivity index (χ4n) is 3.78. The van der Waals surface area contributed by atoms with Gasteiger partial charge in [0.15, 0.2) is 16.7 Å². The predicted molar refractivity (Wildman–Crippen MR) is 131 cm³/mol. The molecule has 0 spiro atoms. The molecule has 0 aliphatic carbocycles. The normalized spacial score (nSPS) is 17.0. The van der Waals surface area contributed by atoms with Gasteiger partial charge in [0, 0.05) is 33.1 Å². The molecule has 2 aromatic carbocycles. The molecule has 192 valence electrons. The van der Waals surface area contributed by atoms with Gasteiger partial charge in [-0.25, -0.2) is 0 Å². The maximum atomic E-state index is 13.5. The Balaban J connectivity index is 1.51. The standard InChI is InChI=1S/C25H21F3N4O4S/c1-15(33)31-7-9-32(10-8-31)24-30-23(34)22(37-24)13-16-3-6-20(21(12-16)35-2)36-19-5-4-17(14-29)11-18(19)25(26,27)28/h3-6,11-13H,7-10H2,1-2H3. The summed E-state index contributed by atoms with van der Waals surface area (Å²) >= 11 is 1.22. The molecule has 0 bridgehead atoms. The lowest BCUT2D eigenvalue weighted by Gasteiger charge is -2.34. The fourth-order valence-corrected chi connectivity index (χ4v) is 4.75. The molecule has 1 saturated heterocycles. The number of amidine groups is 1. The zero-order valence-corrected chi connectivity index (χ0v) is 20.7. The monoisotopic (exact) mass is 530 g/mol. The summed E-state index contributed by atoms with van der Waals surface area (Å²) in [5.74, 6) is -0.678. The number of alkyl halides is 3. The van der Waals surface area contributed by atoms with Gasteiger partial charge in [0.25, 0.3) is 5.91 Å². The first-order valence-electron chi connectivity index (χ1n) is 11.1. The van der Waals surface area contributed by atoms with E-state index in [-0.39, 0.29) is 23.0 Å². The minimum Gasteiger partial charge on any atom is -0.493 e. The van der Waals surface area contributed by atoms with Gasteiger partial charge in [-0.1, -0.05) is 6.07 Å². The Bertz CT molecular complexity index is 1340. The Kier molecular flexibility index (Phi) is 7.45. The van der Waals surface area contributed by atoms with Crippen molar-refractivity contribution in [3.05, 3.63) is 58.0 Å². The number of benzene rings is 2. The van der Waals surface area contributed by atoms with Gasteiger partial charge in [0.1, 0.15) is 5.75 Å². The first-order valence-corrected chi connectivity index (χ1v) is 11.9. The average molecular weight is 531 g/mol. The van der Waals surface area contributed by atoms with E-state index in [4.69, 9.17) is 14.7 Å². The van der Waals surface area contributed by atoms with Crippen LogP contribution < -0.4 is 9.47 Å². The third kappa shape index (κ3) is 5.89. The lowest BCUT2D eigenvalue weighted by atomic mass is 10.1. The largest absolute Gasteiger partial charge is 0.493 e. The molecule has 2 aliphatic rings. The van der Waals surface area contributed by atoms with Crippen molar-refractivity contribution >= 4 is 34.8 Å². The summed E-state index contributed by atoms with van der Waals surface area (Å²) < 4.78 is 51.4. The van der Waals surface area contributed by atoms with Gasteiger partial charge in [0.2, 0.25) is 5.91 Å². The van der Waals surface area contributed by atoms with Crippen LogP contribution in [0.3, 0.4) is 0 Å². The number of hydrogen-bond acceptors (Lipinski definition) is 7. The summed E-state index contributed by atoms with van der Waals surface area (Å²) in [6.07, 6.45) is -3.11. The van der Waals surface area contributed by atoms with E-state index in [0.717, 1.165) is 12.1 Å². The maximum Gasteiger partial charge on any atom is 0.420 e. The second kappa shape index (κ2) is 10.6. The summed E-state index contributed by atoms with van der Waals surface area (Å²) in [6.45, 7) is 3.76. The number of aliphatic imine (C=N–C) groups is 1. The van der Waals surface area contributed by atoms with E-state index >= 15 is 0 Å². The Morgan fingerprint density at radius 3 is 2.43 bits per heavy atom. The number of nitriles is 1. The molecule has 0 aromatic heterocycles. The van der Waals surface area contributed by atoms with Crippen LogP contribution in [-0.4, -0.2) is 60.1 Å². The van der Waals surface area contributed by atoms with Crippen LogP contribution in [0.2, 0.25) is 0 Å². The van der Waals surface area contributed by atoms with Crippen molar-refractivity contribution in [1.82, 2.24) is 9.80 Å². The van der Waals surface area contributed by atoms with Crippen LogP contribution in [-0.2, 0) is 15.8 Å². The quantitative estimate of drug-likeness (QED) is 0.537. The van der Waals surface area contributed by atoms with Gasteiger partial charge in [0.05, 0.1) is 29.2 Å². The molecule has 0 unspecified atom stereocenters. The minimum absolute atomic E-state index is 0.00695. The molecular formula is C25H21F3N4O4S. The number of ether oxygens (including phenoxy) is 2. The van der Waals surface area contributed by atoms with Gasteiger partial charge in [-0.2, -0.15) is 23.4 Å². The van der Waals surface area contributed by atoms with E-state index in [1.54, 1.807) is 23.1 Å². The predicted octanol–water partition coefficient (Wildman–Crippen LogP) is 4.51. The van der Waals surface area contributed by atoms with Crippen molar-refractivity contribution in [2.75, 3.05) is 33.3 Å². The van der Waals surface area contributed by atoms with Crippen molar-refractivity contribution in [3.63, 3.8) is 0 Å². The van der Waals surface area contributed by atoms with Gasteiger partial charge in [-0.05, 0) is 53.7 Å². The third-order valence-corrected chi connectivity index (χ3v) is 6.77. The van der Waals surface area contributed by atoms with Crippen molar-refractivity contribution in [1.29, 1.82) is 5.26 Å². The minimum atomic E-state index is -4.73. The Hall–Kier alpha value is -3.98. The summed E-state index contributed by atoms with van der Waals surface area (Å²) in [5.41, 5.74) is -0.662. The van der Waals surface area contributed by atoms with Crippen LogP contribution in [0.5, 0.6) is 17.2 Å². The van der Waals surface area contributed by atoms with Crippen molar-refractivity contribution < 1.29 is 32.2 Å². The fraction of sp³-hybridized carbons (Fsp3) is 0.280. The molecule has 0 atom stereocenters. The van der Waals surface area contributed by atoms with Crippen LogP contribution in [0.25, 0.3) is 6.08 Å². The molecule has 8 nitrogen and oxygen atoms in total. The summed E-state index contributed by atoms with van der Waals surface area (Å²) in [4.78, 5) is 32.2. The Morgan fingerprint density at radius 2 is 1.81 bits per heavy atom. The van der Waals surface area contributed by atoms with Crippen LogP contribution in [0.1, 0.15) is 23.6 Å². The van der Waals surface area contributed by atoms with E-state index in [2.05, 4.69) is 4.99 Å². The zero-order valence-electron chi connectivity index (χ0n) is 19.8. The summed E-state index contributed by atoms with van der Waals surface area (Å²) in [7, 11) is 1.35. The Labute approximate surface area is 215 Å². The van der Waals surface area contributed by atoms with Gasteiger partial charge in [-0.15, -0.1) is 0 Å². The van der Waals surface area contributed by atoms with Crippen LogP contribution >= 0.6 is 11.8 Å². The second-order valence-corrected chi connectivity index (χ2v) is 9.15. The molecule has 0 radical (unpaired) electrons. The molecule has 12 heteroatoms. The van der Waals surface area contributed by atoms with E-state index in [1.165, 1.54) is 44.0 Å². The van der Waals surface area contributed by atoms with E-state index in [9.17, 15) is 22.8 Å². The first-order chi connectivity index (χ1) is 17.6. The highest BCUT2D eigenvalue weighted by Crippen LogP contribution is 2.41. The highest BCUT2D eigenvalue weighted by atomic mass is 32.2. The molecule has 1 fully saturated rings. The van der Waals surface area contributed by atoms with Crippen molar-refractivity contribution in [2.24, 2.45) is 4.99 Å². The van der Waals surface area contributed by atoms with Gasteiger partial charge in [-0.3, -0.25) is 9.59 Å². The number of carbonyl (C=O) groups excluding carboxylic acids is 2. The van der Waals surface area contributed by atoms with Crippen molar-refractivity contribution in [2.45, 2.75) is 13.1 Å². The smallest absolute Gasteiger partial charge is 0.420 e. The average Bonchev–Trinajstić information content (AvgIpc) is 3.24. The molecule has 2 heterocycles. The number of carbonyl (C=O) groups is 2. The van der Waals surface area contributed by atoms with Crippen molar-refractivity contribution in [3.8, 4) is 23.3 Å². The van der Waals surface area contributed by atoms with Crippen LogP contribution in [0, 0.1) is 11.3 Å². The molecule has 2 aromatic rings. The van der Waals surface area contributed by atoms with E-state index in [1.807, 2.05) is 4.90 Å².